The molecular formula is C6H14NO4P. The first-order chi connectivity index (χ1) is 5.40. The minimum atomic E-state index is -2.28. The van der Waals surface area contributed by atoms with Crippen LogP contribution < -0.4 is 5.73 Å². The molecule has 0 aromatic carbocycles. The molecule has 2 unspecified atom stereocenters. The molecule has 0 radical (unpaired) electrons. The maximum absolute atomic E-state index is 11.1. The lowest BCUT2D eigenvalue weighted by Gasteiger charge is -2.21. The van der Waals surface area contributed by atoms with E-state index in [1.165, 1.54) is 6.92 Å². The van der Waals surface area contributed by atoms with Gasteiger partial charge in [0, 0.05) is 6.42 Å². The first-order valence-electron chi connectivity index (χ1n) is 3.55. The number of aliphatic hydroxyl groups is 1. The minimum absolute atomic E-state index is 0.122. The summed E-state index contributed by atoms with van der Waals surface area (Å²) in [5.41, 5.74) is 5.53. The van der Waals surface area contributed by atoms with Gasteiger partial charge in [-0.1, -0.05) is 0 Å². The highest BCUT2D eigenvalue weighted by molar-refractivity contribution is 7.46. The van der Waals surface area contributed by atoms with Crippen molar-refractivity contribution in [1.29, 1.82) is 0 Å². The second kappa shape index (κ2) is 4.60. The number of aliphatic hydroxyl groups excluding tert-OH is 1. The van der Waals surface area contributed by atoms with Crippen LogP contribution in [0.2, 0.25) is 0 Å². The van der Waals surface area contributed by atoms with E-state index in [0.717, 1.165) is 0 Å². The summed E-state index contributed by atoms with van der Waals surface area (Å²) in [6.45, 7) is 1.49. The molecule has 0 spiro atoms. The summed E-state index contributed by atoms with van der Waals surface area (Å²) in [4.78, 5) is 10.1. The van der Waals surface area contributed by atoms with Crippen molar-refractivity contribution >= 4 is 13.8 Å². The summed E-state index contributed by atoms with van der Waals surface area (Å²) in [6.07, 6.45) is -0.457. The fraction of sp³-hybridized carbons (Fsp3) is 0.833. The highest BCUT2D eigenvalue weighted by Crippen LogP contribution is 2.36. The van der Waals surface area contributed by atoms with Gasteiger partial charge in [0.1, 0.15) is 7.80 Å². The van der Waals surface area contributed by atoms with Crippen molar-refractivity contribution in [3.63, 3.8) is 0 Å². The van der Waals surface area contributed by atoms with Crippen molar-refractivity contribution in [2.45, 2.75) is 25.0 Å². The number of hydrogen-bond donors (Lipinski definition) is 3. The molecule has 0 heterocycles. The normalized spacial score (nSPS) is 18.2. The molecule has 0 fully saturated rings. The van der Waals surface area contributed by atoms with Gasteiger partial charge in [-0.2, -0.15) is 0 Å². The maximum Gasteiger partial charge on any atom is 0.303 e. The van der Waals surface area contributed by atoms with Crippen LogP contribution in [-0.4, -0.2) is 27.8 Å². The van der Waals surface area contributed by atoms with Gasteiger partial charge in [0.2, 0.25) is 0 Å². The molecule has 12 heavy (non-hydrogen) atoms. The topological polar surface area (TPSA) is 101 Å². The molecule has 72 valence electrons. The highest BCUT2D eigenvalue weighted by Gasteiger charge is 2.25. The SMILES string of the molecule is CC(N)(CCC(=O)O)[PH](=O)CO. The van der Waals surface area contributed by atoms with Crippen LogP contribution in [0.15, 0.2) is 0 Å². The van der Waals surface area contributed by atoms with E-state index in [2.05, 4.69) is 0 Å². The lowest BCUT2D eigenvalue weighted by atomic mass is 10.2. The third kappa shape index (κ3) is 3.85. The molecule has 0 amide bonds. The monoisotopic (exact) mass is 195 g/mol. The second-order valence-electron chi connectivity index (χ2n) is 2.89. The predicted octanol–water partition coefficient (Wildman–Crippen LogP) is 0.0356. The minimum Gasteiger partial charge on any atom is -0.481 e. The lowest BCUT2D eigenvalue weighted by Crippen LogP contribution is -2.33. The van der Waals surface area contributed by atoms with Crippen molar-refractivity contribution in [1.82, 2.24) is 0 Å². The largest absolute Gasteiger partial charge is 0.481 e. The Bertz CT molecular complexity index is 192. The Hall–Kier alpha value is -0.380. The van der Waals surface area contributed by atoms with Crippen molar-refractivity contribution in [3.05, 3.63) is 0 Å². The summed E-state index contributed by atoms with van der Waals surface area (Å²) in [5, 5.41) is 15.8. The Morgan fingerprint density at radius 2 is 2.17 bits per heavy atom. The molecule has 0 aliphatic rings. The predicted molar refractivity (Wildman–Crippen MR) is 45.5 cm³/mol. The standard InChI is InChI=1S/C6H14NO4P/c1-6(7,12(11)4-8)3-2-5(9)10/h8,12H,2-4,7H2,1H3,(H,9,10). The van der Waals surface area contributed by atoms with Crippen molar-refractivity contribution in [3.8, 4) is 0 Å². The first-order valence-corrected chi connectivity index (χ1v) is 5.16. The van der Waals surface area contributed by atoms with E-state index in [1.54, 1.807) is 0 Å². The number of hydrogen-bond acceptors (Lipinski definition) is 4. The molecule has 0 saturated carbocycles. The lowest BCUT2D eigenvalue weighted by molar-refractivity contribution is -0.137. The fourth-order valence-corrected chi connectivity index (χ4v) is 1.45. The Morgan fingerprint density at radius 3 is 2.50 bits per heavy atom. The molecule has 0 bridgehead atoms. The number of aliphatic carboxylic acids is 1. The van der Waals surface area contributed by atoms with Gasteiger partial charge in [0.05, 0.1) is 11.6 Å². The molecule has 0 aliphatic heterocycles. The van der Waals surface area contributed by atoms with Gasteiger partial charge in [-0.3, -0.25) is 4.79 Å². The molecule has 0 aliphatic carbocycles. The Morgan fingerprint density at radius 1 is 1.67 bits per heavy atom. The van der Waals surface area contributed by atoms with Crippen LogP contribution in [0.25, 0.3) is 0 Å². The van der Waals surface area contributed by atoms with Crippen LogP contribution in [0, 0.1) is 0 Å². The van der Waals surface area contributed by atoms with E-state index in [4.69, 9.17) is 15.9 Å². The zero-order chi connectivity index (χ0) is 9.78. The van der Waals surface area contributed by atoms with Crippen LogP contribution in [0.3, 0.4) is 0 Å². The van der Waals surface area contributed by atoms with Crippen molar-refractivity contribution < 1.29 is 19.6 Å². The van der Waals surface area contributed by atoms with Crippen molar-refractivity contribution in [2.24, 2.45) is 5.73 Å². The molecular weight excluding hydrogens is 181 g/mol. The molecule has 4 N–H and O–H groups in total. The van der Waals surface area contributed by atoms with E-state index in [0.29, 0.717) is 0 Å². The van der Waals surface area contributed by atoms with Crippen LogP contribution in [0.5, 0.6) is 0 Å². The van der Waals surface area contributed by atoms with Gasteiger partial charge in [-0.15, -0.1) is 0 Å². The molecule has 5 nitrogen and oxygen atoms in total. The Labute approximate surface area is 71.4 Å². The third-order valence-electron chi connectivity index (χ3n) is 1.64. The Balaban J connectivity index is 4.03. The van der Waals surface area contributed by atoms with E-state index in [1.807, 2.05) is 0 Å². The maximum atomic E-state index is 11.1. The van der Waals surface area contributed by atoms with Crippen LogP contribution in [0.4, 0.5) is 0 Å². The number of carbonyl (C=O) groups is 1. The zero-order valence-corrected chi connectivity index (χ0v) is 7.91. The third-order valence-corrected chi connectivity index (χ3v) is 3.45. The van der Waals surface area contributed by atoms with Crippen LogP contribution in [-0.2, 0) is 9.36 Å². The summed E-state index contributed by atoms with van der Waals surface area (Å²) >= 11 is 0. The first kappa shape index (κ1) is 11.6. The van der Waals surface area contributed by atoms with E-state index in [9.17, 15) is 9.36 Å². The summed E-state index contributed by atoms with van der Waals surface area (Å²) < 4.78 is 11.1. The van der Waals surface area contributed by atoms with E-state index >= 15 is 0 Å². The summed E-state index contributed by atoms with van der Waals surface area (Å²) in [5.74, 6) is -0.973. The van der Waals surface area contributed by atoms with E-state index < -0.39 is 25.4 Å². The fourth-order valence-electron chi connectivity index (χ4n) is 0.687. The van der Waals surface area contributed by atoms with Gasteiger partial charge < -0.3 is 20.5 Å². The Kier molecular flexibility index (Phi) is 4.45. The second-order valence-corrected chi connectivity index (χ2v) is 5.20. The van der Waals surface area contributed by atoms with Gasteiger partial charge in [-0.25, -0.2) is 0 Å². The number of rotatable bonds is 5. The summed E-state index contributed by atoms with van der Waals surface area (Å²) in [7, 11) is -2.28. The van der Waals surface area contributed by atoms with Gasteiger partial charge in [0.15, 0.2) is 0 Å². The number of nitrogens with two attached hydrogens (primary N) is 1. The van der Waals surface area contributed by atoms with Crippen molar-refractivity contribution in [2.75, 3.05) is 6.35 Å². The van der Waals surface area contributed by atoms with Crippen LogP contribution in [0.1, 0.15) is 19.8 Å². The summed E-state index contributed by atoms with van der Waals surface area (Å²) in [6, 6.07) is 0. The van der Waals surface area contributed by atoms with Gasteiger partial charge >= 0.3 is 5.97 Å². The van der Waals surface area contributed by atoms with Gasteiger partial charge in [-0.05, 0) is 13.3 Å². The van der Waals surface area contributed by atoms with Gasteiger partial charge in [0.25, 0.3) is 0 Å². The average Bonchev–Trinajstić information content (AvgIpc) is 1.99. The highest BCUT2D eigenvalue weighted by atomic mass is 31.1. The number of carboxylic acids is 1. The molecule has 0 saturated heterocycles. The molecule has 0 rings (SSSR count). The average molecular weight is 195 g/mol. The molecule has 6 heteroatoms. The molecule has 0 aromatic heterocycles. The molecule has 2 atom stereocenters. The number of carboxylic acid groups (broad SMARTS) is 1. The van der Waals surface area contributed by atoms with Crippen LogP contribution >= 0.6 is 7.80 Å². The molecule has 0 aromatic rings. The zero-order valence-electron chi connectivity index (χ0n) is 6.91. The quantitative estimate of drug-likeness (QED) is 0.537. The van der Waals surface area contributed by atoms with E-state index in [-0.39, 0.29) is 12.8 Å². The smallest absolute Gasteiger partial charge is 0.303 e.